The molecule has 94 valence electrons. The lowest BCUT2D eigenvalue weighted by atomic mass is 10.1. The number of aromatic hydroxyl groups is 2. The molecule has 0 spiro atoms. The summed E-state index contributed by atoms with van der Waals surface area (Å²) < 4.78 is 0. The SMILES string of the molecule is O=C(NCCCCCCl)c1cccc(O)c1O. The van der Waals surface area contributed by atoms with E-state index in [4.69, 9.17) is 11.6 Å². The summed E-state index contributed by atoms with van der Waals surface area (Å²) in [4.78, 5) is 11.6. The van der Waals surface area contributed by atoms with Crippen LogP contribution in [0.4, 0.5) is 0 Å². The van der Waals surface area contributed by atoms with Crippen molar-refractivity contribution >= 4 is 17.5 Å². The van der Waals surface area contributed by atoms with Gasteiger partial charge in [0.25, 0.3) is 5.91 Å². The minimum absolute atomic E-state index is 0.0855. The Kier molecular flexibility index (Phi) is 5.63. The fourth-order valence-corrected chi connectivity index (χ4v) is 1.60. The minimum atomic E-state index is -0.385. The number of carbonyl (C=O) groups is 1. The van der Waals surface area contributed by atoms with Gasteiger partial charge in [-0.25, -0.2) is 0 Å². The molecule has 5 heteroatoms. The van der Waals surface area contributed by atoms with E-state index in [9.17, 15) is 15.0 Å². The van der Waals surface area contributed by atoms with E-state index >= 15 is 0 Å². The molecule has 0 saturated heterocycles. The minimum Gasteiger partial charge on any atom is -0.504 e. The van der Waals surface area contributed by atoms with Gasteiger partial charge in [-0.15, -0.1) is 11.6 Å². The van der Waals surface area contributed by atoms with Crippen LogP contribution in [0.25, 0.3) is 0 Å². The van der Waals surface area contributed by atoms with Crippen molar-refractivity contribution in [1.29, 1.82) is 0 Å². The number of alkyl halides is 1. The van der Waals surface area contributed by atoms with E-state index in [1.165, 1.54) is 18.2 Å². The molecule has 0 aliphatic carbocycles. The van der Waals surface area contributed by atoms with Gasteiger partial charge in [-0.05, 0) is 25.0 Å². The van der Waals surface area contributed by atoms with E-state index in [0.29, 0.717) is 12.4 Å². The molecule has 0 bridgehead atoms. The molecule has 1 rings (SSSR count). The van der Waals surface area contributed by atoms with Crippen LogP contribution in [0.3, 0.4) is 0 Å². The number of nitrogens with one attached hydrogen (secondary N) is 1. The van der Waals surface area contributed by atoms with Crippen molar-refractivity contribution in [2.24, 2.45) is 0 Å². The Labute approximate surface area is 105 Å². The maximum absolute atomic E-state index is 11.6. The fraction of sp³-hybridized carbons (Fsp3) is 0.417. The largest absolute Gasteiger partial charge is 0.504 e. The van der Waals surface area contributed by atoms with Gasteiger partial charge in [0.15, 0.2) is 11.5 Å². The number of amides is 1. The number of benzene rings is 1. The predicted molar refractivity (Wildman–Crippen MR) is 66.7 cm³/mol. The van der Waals surface area contributed by atoms with Crippen LogP contribution in [-0.2, 0) is 0 Å². The summed E-state index contributed by atoms with van der Waals surface area (Å²) in [5.74, 6) is -0.434. The number of carbonyl (C=O) groups excluding carboxylic acids is 1. The summed E-state index contributed by atoms with van der Waals surface area (Å²) in [6.07, 6.45) is 2.72. The zero-order valence-corrected chi connectivity index (χ0v) is 10.2. The lowest BCUT2D eigenvalue weighted by Crippen LogP contribution is -2.24. The quantitative estimate of drug-likeness (QED) is 0.416. The molecular weight excluding hydrogens is 242 g/mol. The summed E-state index contributed by atoms with van der Waals surface area (Å²) in [6, 6.07) is 4.30. The van der Waals surface area contributed by atoms with Crippen LogP contribution in [0.15, 0.2) is 18.2 Å². The highest BCUT2D eigenvalue weighted by atomic mass is 35.5. The molecule has 0 aliphatic rings. The molecule has 0 aliphatic heterocycles. The van der Waals surface area contributed by atoms with E-state index in [0.717, 1.165) is 19.3 Å². The van der Waals surface area contributed by atoms with Crippen molar-refractivity contribution in [3.8, 4) is 11.5 Å². The Morgan fingerprint density at radius 1 is 1.24 bits per heavy atom. The van der Waals surface area contributed by atoms with E-state index < -0.39 is 0 Å². The number of halogens is 1. The number of hydrogen-bond acceptors (Lipinski definition) is 3. The Bertz CT molecular complexity index is 382. The van der Waals surface area contributed by atoms with E-state index in [2.05, 4.69) is 5.32 Å². The Morgan fingerprint density at radius 2 is 2.00 bits per heavy atom. The molecule has 1 aromatic rings. The third-order valence-corrected chi connectivity index (χ3v) is 2.62. The Hall–Kier alpha value is -1.42. The molecule has 4 nitrogen and oxygen atoms in total. The number of para-hydroxylation sites is 1. The third-order valence-electron chi connectivity index (χ3n) is 2.36. The van der Waals surface area contributed by atoms with Gasteiger partial charge in [0, 0.05) is 12.4 Å². The highest BCUT2D eigenvalue weighted by molar-refractivity contribution is 6.17. The molecule has 0 unspecified atom stereocenters. The lowest BCUT2D eigenvalue weighted by Gasteiger charge is -2.07. The van der Waals surface area contributed by atoms with Crippen molar-refractivity contribution < 1.29 is 15.0 Å². The molecule has 17 heavy (non-hydrogen) atoms. The van der Waals surface area contributed by atoms with Gasteiger partial charge in [0.05, 0.1) is 5.56 Å². The molecule has 0 radical (unpaired) electrons. The number of phenolic OH excluding ortho intramolecular Hbond substituents is 2. The molecule has 0 fully saturated rings. The summed E-state index contributed by atoms with van der Waals surface area (Å²) in [7, 11) is 0. The zero-order chi connectivity index (χ0) is 12.7. The molecule has 0 heterocycles. The molecule has 3 N–H and O–H groups in total. The summed E-state index contributed by atoms with van der Waals surface area (Å²) >= 11 is 5.53. The summed E-state index contributed by atoms with van der Waals surface area (Å²) in [5, 5.41) is 21.4. The summed E-state index contributed by atoms with van der Waals surface area (Å²) in [6.45, 7) is 0.533. The van der Waals surface area contributed by atoms with Gasteiger partial charge < -0.3 is 15.5 Å². The number of rotatable bonds is 6. The first-order valence-electron chi connectivity index (χ1n) is 5.52. The van der Waals surface area contributed by atoms with E-state index in [-0.39, 0.29) is 23.0 Å². The van der Waals surface area contributed by atoms with Crippen molar-refractivity contribution in [1.82, 2.24) is 5.32 Å². The van der Waals surface area contributed by atoms with Gasteiger partial charge in [-0.2, -0.15) is 0 Å². The lowest BCUT2D eigenvalue weighted by molar-refractivity contribution is 0.0949. The molecular formula is C12H16ClNO3. The van der Waals surface area contributed by atoms with Crippen molar-refractivity contribution in [3.05, 3.63) is 23.8 Å². The molecule has 0 aromatic heterocycles. The second kappa shape index (κ2) is 7.01. The first kappa shape index (κ1) is 13.6. The van der Waals surface area contributed by atoms with E-state index in [1.807, 2.05) is 0 Å². The van der Waals surface area contributed by atoms with Crippen LogP contribution in [0, 0.1) is 0 Å². The smallest absolute Gasteiger partial charge is 0.255 e. The van der Waals surface area contributed by atoms with Crippen molar-refractivity contribution in [2.45, 2.75) is 19.3 Å². The van der Waals surface area contributed by atoms with Gasteiger partial charge in [0.1, 0.15) is 0 Å². The number of phenols is 2. The van der Waals surface area contributed by atoms with Gasteiger partial charge in [-0.3, -0.25) is 4.79 Å². The van der Waals surface area contributed by atoms with Crippen LogP contribution in [0.5, 0.6) is 11.5 Å². The summed E-state index contributed by atoms with van der Waals surface area (Å²) in [5.41, 5.74) is 0.0855. The molecule has 0 atom stereocenters. The number of hydrogen-bond donors (Lipinski definition) is 3. The van der Waals surface area contributed by atoms with Crippen LogP contribution in [0.1, 0.15) is 29.6 Å². The zero-order valence-electron chi connectivity index (χ0n) is 9.45. The third kappa shape index (κ3) is 4.15. The van der Waals surface area contributed by atoms with E-state index in [1.54, 1.807) is 0 Å². The standard InChI is InChI=1S/C12H16ClNO3/c13-7-2-1-3-8-14-12(17)9-5-4-6-10(15)11(9)16/h4-6,15-16H,1-3,7-8H2,(H,14,17). The first-order chi connectivity index (χ1) is 8.16. The molecule has 1 aromatic carbocycles. The van der Waals surface area contributed by atoms with Crippen LogP contribution < -0.4 is 5.32 Å². The maximum Gasteiger partial charge on any atom is 0.255 e. The predicted octanol–water partition coefficient (Wildman–Crippen LogP) is 2.24. The monoisotopic (exact) mass is 257 g/mol. The Morgan fingerprint density at radius 3 is 2.71 bits per heavy atom. The maximum atomic E-state index is 11.6. The second-order valence-electron chi connectivity index (χ2n) is 3.68. The van der Waals surface area contributed by atoms with Crippen molar-refractivity contribution in [2.75, 3.05) is 12.4 Å². The Balaban J connectivity index is 2.44. The van der Waals surface area contributed by atoms with Crippen LogP contribution in [-0.4, -0.2) is 28.5 Å². The fourth-order valence-electron chi connectivity index (χ4n) is 1.41. The highest BCUT2D eigenvalue weighted by Gasteiger charge is 2.12. The number of unbranched alkanes of at least 4 members (excludes halogenated alkanes) is 2. The first-order valence-corrected chi connectivity index (χ1v) is 6.05. The molecule has 1 amide bonds. The topological polar surface area (TPSA) is 69.6 Å². The van der Waals surface area contributed by atoms with Gasteiger partial charge in [0.2, 0.25) is 0 Å². The second-order valence-corrected chi connectivity index (χ2v) is 4.06. The van der Waals surface area contributed by atoms with Crippen molar-refractivity contribution in [3.63, 3.8) is 0 Å². The average Bonchev–Trinajstić information content (AvgIpc) is 2.32. The highest BCUT2D eigenvalue weighted by Crippen LogP contribution is 2.27. The van der Waals surface area contributed by atoms with Crippen LogP contribution in [0.2, 0.25) is 0 Å². The normalized spacial score (nSPS) is 10.2. The van der Waals surface area contributed by atoms with Gasteiger partial charge in [-0.1, -0.05) is 12.5 Å². The average molecular weight is 258 g/mol. The van der Waals surface area contributed by atoms with Crippen LogP contribution >= 0.6 is 11.6 Å². The molecule has 0 saturated carbocycles. The van der Waals surface area contributed by atoms with Gasteiger partial charge >= 0.3 is 0 Å².